The molecule has 2 aliphatic heterocycles. The van der Waals surface area contributed by atoms with Crippen molar-refractivity contribution < 1.29 is 0 Å². The first-order chi connectivity index (χ1) is 10.1. The minimum Gasteiger partial charge on any atom is -0.313 e. The van der Waals surface area contributed by atoms with Gasteiger partial charge in [-0.05, 0) is 51.0 Å². The lowest BCUT2D eigenvalue weighted by atomic mass is 9.84. The van der Waals surface area contributed by atoms with Gasteiger partial charge in [0.25, 0.3) is 0 Å². The molecule has 0 aromatic rings. The van der Waals surface area contributed by atoms with Crippen LogP contribution in [0.5, 0.6) is 0 Å². The lowest BCUT2D eigenvalue weighted by Crippen LogP contribution is -2.57. The Balaban J connectivity index is 1.57. The third-order valence-corrected chi connectivity index (χ3v) is 5.90. The molecule has 0 bridgehead atoms. The molecule has 3 unspecified atom stereocenters. The van der Waals surface area contributed by atoms with Gasteiger partial charge in [0.15, 0.2) is 0 Å². The number of rotatable bonds is 7. The zero-order valence-corrected chi connectivity index (χ0v) is 14.4. The Bertz CT molecular complexity index is 341. The molecule has 0 spiro atoms. The Kier molecular flexibility index (Phi) is 4.92. The van der Waals surface area contributed by atoms with Crippen molar-refractivity contribution in [3.8, 4) is 0 Å². The maximum absolute atomic E-state index is 3.80. The summed E-state index contributed by atoms with van der Waals surface area (Å²) in [6.07, 6.45) is 8.30. The van der Waals surface area contributed by atoms with Crippen molar-refractivity contribution >= 4 is 0 Å². The standard InChI is InChI=1S/C18H35N3/c1-4-9-18(3,13-19-16-7-8-16)14-21-12-17-6-5-10-20(17)11-15(21)2/h15-17,19H,4-14H2,1-3H3. The molecule has 1 saturated carbocycles. The van der Waals surface area contributed by atoms with Crippen LogP contribution in [0.4, 0.5) is 0 Å². The normalized spacial score (nSPS) is 33.9. The van der Waals surface area contributed by atoms with Gasteiger partial charge in [-0.2, -0.15) is 0 Å². The highest BCUT2D eigenvalue weighted by atomic mass is 15.3. The zero-order chi connectivity index (χ0) is 14.9. The molecule has 0 aromatic heterocycles. The van der Waals surface area contributed by atoms with Gasteiger partial charge in [0, 0.05) is 44.3 Å². The first-order valence-electron chi connectivity index (χ1n) is 9.31. The van der Waals surface area contributed by atoms with Gasteiger partial charge in [0.05, 0.1) is 0 Å². The summed E-state index contributed by atoms with van der Waals surface area (Å²) in [6.45, 7) is 13.7. The van der Waals surface area contributed by atoms with E-state index in [2.05, 4.69) is 35.9 Å². The summed E-state index contributed by atoms with van der Waals surface area (Å²) in [5.74, 6) is 0. The molecule has 3 nitrogen and oxygen atoms in total. The van der Waals surface area contributed by atoms with Gasteiger partial charge in [0.1, 0.15) is 0 Å². The molecule has 122 valence electrons. The second kappa shape index (κ2) is 6.55. The quantitative estimate of drug-likeness (QED) is 0.778. The summed E-state index contributed by atoms with van der Waals surface area (Å²) in [5, 5.41) is 3.80. The number of piperazine rings is 1. The van der Waals surface area contributed by atoms with Crippen LogP contribution in [0.1, 0.15) is 59.3 Å². The highest BCUT2D eigenvalue weighted by Gasteiger charge is 2.37. The van der Waals surface area contributed by atoms with E-state index < -0.39 is 0 Å². The van der Waals surface area contributed by atoms with Crippen molar-refractivity contribution in [2.75, 3.05) is 32.7 Å². The highest BCUT2D eigenvalue weighted by molar-refractivity contribution is 4.94. The van der Waals surface area contributed by atoms with Crippen LogP contribution in [0.2, 0.25) is 0 Å². The van der Waals surface area contributed by atoms with Gasteiger partial charge >= 0.3 is 0 Å². The Morgan fingerprint density at radius 1 is 1.19 bits per heavy atom. The molecule has 3 heteroatoms. The van der Waals surface area contributed by atoms with Gasteiger partial charge in [0.2, 0.25) is 0 Å². The zero-order valence-electron chi connectivity index (χ0n) is 14.4. The number of hydrogen-bond donors (Lipinski definition) is 1. The molecule has 3 fully saturated rings. The second-order valence-electron chi connectivity index (χ2n) is 8.29. The number of nitrogens with zero attached hydrogens (tertiary/aromatic N) is 2. The van der Waals surface area contributed by atoms with E-state index in [4.69, 9.17) is 0 Å². The maximum atomic E-state index is 3.80. The predicted octanol–water partition coefficient (Wildman–Crippen LogP) is 2.71. The van der Waals surface area contributed by atoms with E-state index >= 15 is 0 Å². The van der Waals surface area contributed by atoms with Crippen molar-refractivity contribution in [1.29, 1.82) is 0 Å². The van der Waals surface area contributed by atoms with E-state index in [1.807, 2.05) is 0 Å². The molecule has 1 N–H and O–H groups in total. The predicted molar refractivity (Wildman–Crippen MR) is 89.7 cm³/mol. The van der Waals surface area contributed by atoms with Gasteiger partial charge in [-0.15, -0.1) is 0 Å². The van der Waals surface area contributed by atoms with Gasteiger partial charge in [-0.1, -0.05) is 20.3 Å². The van der Waals surface area contributed by atoms with Crippen LogP contribution in [0.25, 0.3) is 0 Å². The Labute approximate surface area is 131 Å². The van der Waals surface area contributed by atoms with E-state index in [1.165, 1.54) is 71.2 Å². The molecule has 21 heavy (non-hydrogen) atoms. The Morgan fingerprint density at radius 3 is 2.71 bits per heavy atom. The average Bonchev–Trinajstić information content (AvgIpc) is 3.17. The van der Waals surface area contributed by atoms with Gasteiger partial charge < -0.3 is 5.32 Å². The minimum absolute atomic E-state index is 0.451. The molecular formula is C18H35N3. The highest BCUT2D eigenvalue weighted by Crippen LogP contribution is 2.31. The van der Waals surface area contributed by atoms with Crippen molar-refractivity contribution in [3.63, 3.8) is 0 Å². The van der Waals surface area contributed by atoms with Crippen molar-refractivity contribution in [3.05, 3.63) is 0 Å². The summed E-state index contributed by atoms with van der Waals surface area (Å²) in [5.41, 5.74) is 0.451. The lowest BCUT2D eigenvalue weighted by molar-refractivity contribution is 0.0270. The monoisotopic (exact) mass is 293 g/mol. The van der Waals surface area contributed by atoms with Gasteiger partial charge in [-0.25, -0.2) is 0 Å². The smallest absolute Gasteiger partial charge is 0.0224 e. The average molecular weight is 293 g/mol. The lowest BCUT2D eigenvalue weighted by Gasteiger charge is -2.46. The molecule has 0 amide bonds. The summed E-state index contributed by atoms with van der Waals surface area (Å²) in [6, 6.07) is 2.42. The fourth-order valence-corrected chi connectivity index (χ4v) is 4.46. The topological polar surface area (TPSA) is 18.5 Å². The molecule has 2 heterocycles. The maximum Gasteiger partial charge on any atom is 0.0224 e. The number of hydrogen-bond acceptors (Lipinski definition) is 3. The second-order valence-corrected chi connectivity index (χ2v) is 8.29. The number of nitrogens with one attached hydrogen (secondary N) is 1. The van der Waals surface area contributed by atoms with E-state index in [1.54, 1.807) is 0 Å². The number of fused-ring (bicyclic) bond motifs is 1. The van der Waals surface area contributed by atoms with Gasteiger partial charge in [-0.3, -0.25) is 9.80 Å². The fourth-order valence-electron chi connectivity index (χ4n) is 4.46. The molecule has 3 rings (SSSR count). The minimum atomic E-state index is 0.451. The van der Waals surface area contributed by atoms with E-state index in [-0.39, 0.29) is 0 Å². The Hall–Kier alpha value is -0.120. The third-order valence-electron chi connectivity index (χ3n) is 5.90. The van der Waals surface area contributed by atoms with E-state index in [0.29, 0.717) is 5.41 Å². The van der Waals surface area contributed by atoms with Crippen molar-refractivity contribution in [1.82, 2.24) is 15.1 Å². The van der Waals surface area contributed by atoms with Crippen LogP contribution in [-0.4, -0.2) is 60.6 Å². The van der Waals surface area contributed by atoms with Crippen LogP contribution in [0.3, 0.4) is 0 Å². The van der Waals surface area contributed by atoms with Crippen molar-refractivity contribution in [2.24, 2.45) is 5.41 Å². The summed E-state index contributed by atoms with van der Waals surface area (Å²) < 4.78 is 0. The SMILES string of the molecule is CCCC(C)(CNC1CC1)CN1CC2CCCN2CC1C. The first-order valence-corrected chi connectivity index (χ1v) is 9.31. The summed E-state index contributed by atoms with van der Waals surface area (Å²) in [4.78, 5) is 5.54. The van der Waals surface area contributed by atoms with Crippen LogP contribution >= 0.6 is 0 Å². The van der Waals surface area contributed by atoms with E-state index in [0.717, 1.165) is 18.1 Å². The molecule has 2 saturated heterocycles. The van der Waals surface area contributed by atoms with Crippen LogP contribution in [0, 0.1) is 5.41 Å². The Morgan fingerprint density at radius 2 is 2.00 bits per heavy atom. The van der Waals surface area contributed by atoms with Crippen LogP contribution in [0.15, 0.2) is 0 Å². The molecular weight excluding hydrogens is 258 g/mol. The summed E-state index contributed by atoms with van der Waals surface area (Å²) >= 11 is 0. The third kappa shape index (κ3) is 4.00. The summed E-state index contributed by atoms with van der Waals surface area (Å²) in [7, 11) is 0. The fraction of sp³-hybridized carbons (Fsp3) is 1.00. The largest absolute Gasteiger partial charge is 0.313 e. The molecule has 1 aliphatic carbocycles. The van der Waals surface area contributed by atoms with Crippen LogP contribution in [-0.2, 0) is 0 Å². The molecule has 3 aliphatic rings. The molecule has 0 aromatic carbocycles. The molecule has 0 radical (unpaired) electrons. The first kappa shape index (κ1) is 15.8. The van der Waals surface area contributed by atoms with Crippen molar-refractivity contribution in [2.45, 2.75) is 77.4 Å². The molecule has 3 atom stereocenters. The van der Waals surface area contributed by atoms with Crippen LogP contribution < -0.4 is 5.32 Å². The van der Waals surface area contributed by atoms with E-state index in [9.17, 15) is 0 Å².